The molecule has 4 aromatic carbocycles. The molecule has 0 amide bonds. The van der Waals surface area contributed by atoms with Gasteiger partial charge in [0.25, 0.3) is 0 Å². The van der Waals surface area contributed by atoms with Gasteiger partial charge in [-0.25, -0.2) is 9.97 Å². The number of benzene rings is 4. The van der Waals surface area contributed by atoms with Gasteiger partial charge < -0.3 is 4.98 Å². The Morgan fingerprint density at radius 3 is 1.90 bits per heavy atom. The number of rotatable bonds is 3. The molecule has 1 N–H and O–H groups in total. The molecule has 0 unspecified atom stereocenters. The second-order valence-corrected chi connectivity index (χ2v) is 7.57. The minimum atomic E-state index is 0.701. The highest BCUT2D eigenvalue weighted by molar-refractivity contribution is 6.04. The van der Waals surface area contributed by atoms with Gasteiger partial charge in [-0.05, 0) is 17.7 Å². The fourth-order valence-electron chi connectivity index (χ4n) is 4.22. The maximum absolute atomic E-state index is 5.08. The molecule has 31 heavy (non-hydrogen) atoms. The number of aromatic nitrogens is 3. The molecule has 0 radical (unpaired) electrons. The zero-order chi connectivity index (χ0) is 20.6. The van der Waals surface area contributed by atoms with Crippen LogP contribution >= 0.6 is 0 Å². The lowest BCUT2D eigenvalue weighted by molar-refractivity contribution is 1.20. The molecule has 6 rings (SSSR count). The van der Waals surface area contributed by atoms with Crippen LogP contribution in [0.4, 0.5) is 0 Å². The number of nitrogens with one attached hydrogen (secondary N) is 1. The third kappa shape index (κ3) is 2.99. The molecule has 0 aliphatic heterocycles. The van der Waals surface area contributed by atoms with E-state index < -0.39 is 0 Å². The van der Waals surface area contributed by atoms with Crippen molar-refractivity contribution in [2.45, 2.75) is 0 Å². The molecule has 0 bridgehead atoms. The van der Waals surface area contributed by atoms with E-state index in [0.29, 0.717) is 5.82 Å². The Morgan fingerprint density at radius 2 is 1.13 bits per heavy atom. The first kappa shape index (κ1) is 17.6. The third-order valence-corrected chi connectivity index (χ3v) is 5.64. The fourth-order valence-corrected chi connectivity index (χ4v) is 4.22. The lowest BCUT2D eigenvalue weighted by Crippen LogP contribution is -1.96. The van der Waals surface area contributed by atoms with Crippen molar-refractivity contribution < 1.29 is 0 Å². The van der Waals surface area contributed by atoms with E-state index in [2.05, 4.69) is 71.7 Å². The van der Waals surface area contributed by atoms with E-state index in [9.17, 15) is 0 Å². The molecule has 3 heteroatoms. The Morgan fingerprint density at radius 1 is 0.516 bits per heavy atom. The summed E-state index contributed by atoms with van der Waals surface area (Å²) in [5, 5.41) is 2.22. The molecule has 2 aromatic heterocycles. The summed E-state index contributed by atoms with van der Waals surface area (Å²) in [7, 11) is 0. The lowest BCUT2D eigenvalue weighted by Gasteiger charge is -2.10. The molecule has 0 aliphatic carbocycles. The van der Waals surface area contributed by atoms with Gasteiger partial charge in [-0.3, -0.25) is 0 Å². The highest BCUT2D eigenvalue weighted by atomic mass is 14.9. The topological polar surface area (TPSA) is 41.6 Å². The van der Waals surface area contributed by atoms with Crippen molar-refractivity contribution in [3.8, 4) is 33.9 Å². The largest absolute Gasteiger partial charge is 0.351 e. The van der Waals surface area contributed by atoms with Crippen LogP contribution in [0.2, 0.25) is 0 Å². The minimum Gasteiger partial charge on any atom is -0.351 e. The Balaban J connectivity index is 1.69. The molecular formula is C28H19N3. The van der Waals surface area contributed by atoms with Crippen LogP contribution in [-0.4, -0.2) is 15.0 Å². The standard InChI is InChI=1S/C28H19N3/c1-3-11-19(12-4-1)25-21-15-7-9-17-23(21)29-27(25)28-30-24-18-10-8-16-22(24)26(31-28)20-13-5-2-6-14-20/h1-18,29H. The molecule has 2 heterocycles. The maximum Gasteiger partial charge on any atom is 0.177 e. The van der Waals surface area contributed by atoms with E-state index in [0.717, 1.165) is 44.5 Å². The lowest BCUT2D eigenvalue weighted by atomic mass is 10.0. The van der Waals surface area contributed by atoms with Crippen LogP contribution in [0.3, 0.4) is 0 Å². The average molecular weight is 397 g/mol. The highest BCUT2D eigenvalue weighted by Gasteiger charge is 2.19. The van der Waals surface area contributed by atoms with E-state index >= 15 is 0 Å². The Kier molecular flexibility index (Phi) is 4.10. The second kappa shape index (κ2) is 7.22. The summed E-state index contributed by atoms with van der Waals surface area (Å²) in [6, 6.07) is 37.3. The molecule has 0 spiro atoms. The third-order valence-electron chi connectivity index (χ3n) is 5.64. The molecule has 6 aromatic rings. The number of H-pyrrole nitrogens is 1. The summed E-state index contributed by atoms with van der Waals surface area (Å²) < 4.78 is 0. The van der Waals surface area contributed by atoms with Crippen LogP contribution in [0.1, 0.15) is 0 Å². The molecule has 0 fully saturated rings. The normalized spacial score (nSPS) is 11.2. The minimum absolute atomic E-state index is 0.701. The van der Waals surface area contributed by atoms with E-state index in [1.165, 1.54) is 5.39 Å². The molecule has 0 saturated carbocycles. The number of nitrogens with zero attached hydrogens (tertiary/aromatic N) is 2. The first-order valence-electron chi connectivity index (χ1n) is 10.4. The predicted octanol–water partition coefficient (Wildman–Crippen LogP) is 7.11. The second-order valence-electron chi connectivity index (χ2n) is 7.57. The van der Waals surface area contributed by atoms with Gasteiger partial charge in [0.05, 0.1) is 16.9 Å². The molecular weight excluding hydrogens is 378 g/mol. The summed E-state index contributed by atoms with van der Waals surface area (Å²) in [4.78, 5) is 13.6. The van der Waals surface area contributed by atoms with Crippen molar-refractivity contribution in [3.63, 3.8) is 0 Å². The van der Waals surface area contributed by atoms with E-state index in [-0.39, 0.29) is 0 Å². The fraction of sp³-hybridized carbons (Fsp3) is 0. The Bertz CT molecular complexity index is 1520. The summed E-state index contributed by atoms with van der Waals surface area (Å²) in [6.07, 6.45) is 0. The van der Waals surface area contributed by atoms with Crippen LogP contribution in [0, 0.1) is 0 Å². The maximum atomic E-state index is 5.08. The van der Waals surface area contributed by atoms with Crippen LogP contribution in [0.15, 0.2) is 109 Å². The quantitative estimate of drug-likeness (QED) is 0.346. The van der Waals surface area contributed by atoms with Crippen LogP contribution in [0.25, 0.3) is 55.7 Å². The number of fused-ring (bicyclic) bond motifs is 2. The predicted molar refractivity (Wildman–Crippen MR) is 128 cm³/mol. The summed E-state index contributed by atoms with van der Waals surface area (Å²) in [5.74, 6) is 0.701. The van der Waals surface area contributed by atoms with Crippen molar-refractivity contribution in [1.82, 2.24) is 15.0 Å². The van der Waals surface area contributed by atoms with Gasteiger partial charge >= 0.3 is 0 Å². The summed E-state index contributed by atoms with van der Waals surface area (Å²) >= 11 is 0. The number of hydrogen-bond acceptors (Lipinski definition) is 2. The van der Waals surface area contributed by atoms with Gasteiger partial charge in [-0.15, -0.1) is 0 Å². The van der Waals surface area contributed by atoms with Gasteiger partial charge in [-0.2, -0.15) is 0 Å². The molecule has 0 aliphatic rings. The van der Waals surface area contributed by atoms with Gasteiger partial charge in [0.15, 0.2) is 5.82 Å². The summed E-state index contributed by atoms with van der Waals surface area (Å²) in [5.41, 5.74) is 7.26. The zero-order valence-corrected chi connectivity index (χ0v) is 16.8. The van der Waals surface area contributed by atoms with Crippen molar-refractivity contribution in [2.75, 3.05) is 0 Å². The van der Waals surface area contributed by atoms with Crippen LogP contribution in [0.5, 0.6) is 0 Å². The van der Waals surface area contributed by atoms with E-state index in [1.54, 1.807) is 0 Å². The molecule has 3 nitrogen and oxygen atoms in total. The number of aromatic amines is 1. The van der Waals surface area contributed by atoms with Gasteiger partial charge in [0.2, 0.25) is 0 Å². The van der Waals surface area contributed by atoms with Crippen molar-refractivity contribution in [3.05, 3.63) is 109 Å². The highest BCUT2D eigenvalue weighted by Crippen LogP contribution is 2.38. The van der Waals surface area contributed by atoms with Gasteiger partial charge in [0, 0.05) is 27.4 Å². The molecule has 0 saturated heterocycles. The number of hydrogen-bond donors (Lipinski definition) is 1. The average Bonchev–Trinajstić information content (AvgIpc) is 3.24. The number of para-hydroxylation sites is 2. The monoisotopic (exact) mass is 397 g/mol. The van der Waals surface area contributed by atoms with Crippen molar-refractivity contribution in [2.24, 2.45) is 0 Å². The summed E-state index contributed by atoms with van der Waals surface area (Å²) in [6.45, 7) is 0. The Labute approximate surface area is 180 Å². The van der Waals surface area contributed by atoms with Gasteiger partial charge in [-0.1, -0.05) is 97.1 Å². The molecule has 146 valence electrons. The molecule has 0 atom stereocenters. The SMILES string of the molecule is c1ccc(-c2nc(-c3[nH]c4ccccc4c3-c3ccccc3)nc3ccccc23)cc1. The van der Waals surface area contributed by atoms with Crippen molar-refractivity contribution in [1.29, 1.82) is 0 Å². The van der Waals surface area contributed by atoms with Crippen LogP contribution < -0.4 is 0 Å². The smallest absolute Gasteiger partial charge is 0.177 e. The van der Waals surface area contributed by atoms with Crippen molar-refractivity contribution >= 4 is 21.8 Å². The first-order valence-corrected chi connectivity index (χ1v) is 10.4. The van der Waals surface area contributed by atoms with Crippen LogP contribution in [-0.2, 0) is 0 Å². The zero-order valence-electron chi connectivity index (χ0n) is 16.8. The Hall–Kier alpha value is -4.24. The van der Waals surface area contributed by atoms with Gasteiger partial charge in [0.1, 0.15) is 0 Å². The van der Waals surface area contributed by atoms with E-state index in [4.69, 9.17) is 9.97 Å². The van der Waals surface area contributed by atoms with E-state index in [1.807, 2.05) is 42.5 Å². The first-order chi connectivity index (χ1) is 15.4.